The van der Waals surface area contributed by atoms with E-state index in [1.807, 2.05) is 51.1 Å². The normalized spacial score (nSPS) is 12.6. The van der Waals surface area contributed by atoms with E-state index in [4.69, 9.17) is 15.2 Å². The molecule has 180 valence electrons. The Kier molecular flexibility index (Phi) is 10.7. The summed E-state index contributed by atoms with van der Waals surface area (Å²) in [5.74, 6) is -0.450. The minimum atomic E-state index is -0.823. The van der Waals surface area contributed by atoms with Crippen LogP contribution in [0.4, 0.5) is 9.59 Å². The maximum atomic E-state index is 12.8. The highest BCUT2D eigenvalue weighted by Crippen LogP contribution is 2.21. The van der Waals surface area contributed by atoms with E-state index in [9.17, 15) is 14.4 Å². The van der Waals surface area contributed by atoms with Crippen LogP contribution >= 0.6 is 0 Å². The van der Waals surface area contributed by atoms with Gasteiger partial charge in [0, 0.05) is 13.1 Å². The molecule has 0 radical (unpaired) electrons. The van der Waals surface area contributed by atoms with Crippen LogP contribution in [0.15, 0.2) is 30.3 Å². The number of amides is 3. The number of carbonyl (C=O) groups is 3. The second kappa shape index (κ2) is 12.4. The van der Waals surface area contributed by atoms with Gasteiger partial charge < -0.3 is 20.5 Å². The van der Waals surface area contributed by atoms with Gasteiger partial charge in [-0.25, -0.2) is 14.5 Å². The smallest absolute Gasteiger partial charge is 0.417 e. The van der Waals surface area contributed by atoms with E-state index < -0.39 is 35.2 Å². The zero-order valence-electron chi connectivity index (χ0n) is 20.3. The first-order chi connectivity index (χ1) is 14.8. The minimum Gasteiger partial charge on any atom is -0.445 e. The molecule has 0 aromatic heterocycles. The number of carbonyl (C=O) groups excluding carboxylic acids is 3. The van der Waals surface area contributed by atoms with Gasteiger partial charge >= 0.3 is 12.2 Å². The first-order valence-corrected chi connectivity index (χ1v) is 11.1. The highest BCUT2D eigenvalue weighted by atomic mass is 16.6. The Balaban J connectivity index is 2.44. The predicted octanol–water partition coefficient (Wildman–Crippen LogP) is 4.22. The molecule has 0 saturated heterocycles. The van der Waals surface area contributed by atoms with Crippen LogP contribution in [0.2, 0.25) is 0 Å². The number of alkyl carbamates (subject to hydrolysis) is 1. The first kappa shape index (κ1) is 27.4. The predicted molar refractivity (Wildman–Crippen MR) is 124 cm³/mol. The van der Waals surface area contributed by atoms with E-state index in [1.165, 1.54) is 0 Å². The van der Waals surface area contributed by atoms with Gasteiger partial charge in [0.1, 0.15) is 12.2 Å². The molecule has 32 heavy (non-hydrogen) atoms. The lowest BCUT2D eigenvalue weighted by atomic mass is 9.86. The number of nitrogens with one attached hydrogen (secondary N) is 1. The van der Waals surface area contributed by atoms with Gasteiger partial charge in [0.2, 0.25) is 5.91 Å². The average Bonchev–Trinajstić information content (AvgIpc) is 2.69. The summed E-state index contributed by atoms with van der Waals surface area (Å²) in [5.41, 5.74) is 5.81. The lowest BCUT2D eigenvalue weighted by Crippen LogP contribution is -2.53. The van der Waals surface area contributed by atoms with Crippen molar-refractivity contribution in [3.05, 3.63) is 35.9 Å². The van der Waals surface area contributed by atoms with Crippen molar-refractivity contribution in [2.75, 3.05) is 13.1 Å². The molecule has 0 unspecified atom stereocenters. The third-order valence-corrected chi connectivity index (χ3v) is 4.62. The van der Waals surface area contributed by atoms with Crippen molar-refractivity contribution < 1.29 is 23.9 Å². The second-order valence-electron chi connectivity index (χ2n) is 9.86. The maximum absolute atomic E-state index is 12.8. The molecule has 1 aromatic carbocycles. The van der Waals surface area contributed by atoms with Crippen molar-refractivity contribution in [1.82, 2.24) is 10.2 Å². The Morgan fingerprint density at radius 3 is 2.19 bits per heavy atom. The van der Waals surface area contributed by atoms with Crippen LogP contribution in [-0.4, -0.2) is 47.7 Å². The number of benzene rings is 1. The van der Waals surface area contributed by atoms with Crippen molar-refractivity contribution in [2.24, 2.45) is 11.1 Å². The van der Waals surface area contributed by atoms with Gasteiger partial charge in [0.15, 0.2) is 0 Å². The number of hydrogen-bond acceptors (Lipinski definition) is 6. The molecule has 8 nitrogen and oxygen atoms in total. The molecule has 1 aromatic rings. The summed E-state index contributed by atoms with van der Waals surface area (Å²) in [5, 5.41) is 2.70. The van der Waals surface area contributed by atoms with Gasteiger partial charge in [-0.1, -0.05) is 51.1 Å². The Morgan fingerprint density at radius 1 is 1.00 bits per heavy atom. The standard InChI is InChI=1S/C24H39N3O5/c1-23(2,3)19(25)20(28)27(22(30)32-24(4,5)6)16-12-8-11-15-26-21(29)31-17-18-13-9-7-10-14-18/h7,9-10,13-14,19H,8,11-12,15-17,25H2,1-6H3,(H,26,29)/t19-/m1/s1. The second-order valence-corrected chi connectivity index (χ2v) is 9.86. The molecule has 0 bridgehead atoms. The molecular weight excluding hydrogens is 410 g/mol. The SMILES string of the molecule is CC(C)(C)OC(=O)N(CCCCCNC(=O)OCc1ccccc1)C(=O)[C@@H](N)C(C)(C)C. The van der Waals surface area contributed by atoms with Crippen molar-refractivity contribution in [3.63, 3.8) is 0 Å². The zero-order chi connectivity index (χ0) is 24.4. The molecule has 1 atom stereocenters. The topological polar surface area (TPSA) is 111 Å². The van der Waals surface area contributed by atoms with Crippen molar-refractivity contribution >= 4 is 18.1 Å². The van der Waals surface area contributed by atoms with E-state index in [1.54, 1.807) is 20.8 Å². The molecule has 8 heteroatoms. The molecule has 3 N–H and O–H groups in total. The third kappa shape index (κ3) is 10.6. The number of imide groups is 1. The van der Waals surface area contributed by atoms with Crippen LogP contribution in [0, 0.1) is 5.41 Å². The van der Waals surface area contributed by atoms with Gasteiger partial charge in [-0.05, 0) is 51.0 Å². The zero-order valence-corrected chi connectivity index (χ0v) is 20.3. The fourth-order valence-corrected chi connectivity index (χ4v) is 2.68. The summed E-state index contributed by atoms with van der Waals surface area (Å²) < 4.78 is 10.6. The third-order valence-electron chi connectivity index (χ3n) is 4.62. The first-order valence-electron chi connectivity index (χ1n) is 11.1. The van der Waals surface area contributed by atoms with Crippen LogP contribution in [0.3, 0.4) is 0 Å². The maximum Gasteiger partial charge on any atom is 0.417 e. The van der Waals surface area contributed by atoms with Gasteiger partial charge in [-0.15, -0.1) is 0 Å². The minimum absolute atomic E-state index is 0.204. The fourth-order valence-electron chi connectivity index (χ4n) is 2.68. The van der Waals surface area contributed by atoms with E-state index in [0.29, 0.717) is 25.8 Å². The fraction of sp³-hybridized carbons (Fsp3) is 0.625. The number of hydrogen-bond donors (Lipinski definition) is 2. The molecular formula is C24H39N3O5. The molecule has 0 aliphatic carbocycles. The summed E-state index contributed by atoms with van der Waals surface area (Å²) in [6.45, 7) is 11.7. The van der Waals surface area contributed by atoms with Crippen molar-refractivity contribution in [2.45, 2.75) is 79.1 Å². The summed E-state index contributed by atoms with van der Waals surface area (Å²) in [6, 6.07) is 8.62. The Bertz CT molecular complexity index is 738. The largest absolute Gasteiger partial charge is 0.445 e. The monoisotopic (exact) mass is 449 g/mol. The van der Waals surface area contributed by atoms with Crippen LogP contribution in [0.1, 0.15) is 66.4 Å². The molecule has 0 heterocycles. The average molecular weight is 450 g/mol. The Hall–Kier alpha value is -2.61. The van der Waals surface area contributed by atoms with E-state index in [-0.39, 0.29) is 13.2 Å². The van der Waals surface area contributed by atoms with E-state index in [0.717, 1.165) is 10.5 Å². The van der Waals surface area contributed by atoms with Crippen molar-refractivity contribution in [1.29, 1.82) is 0 Å². The van der Waals surface area contributed by atoms with Crippen LogP contribution in [-0.2, 0) is 20.9 Å². The summed E-state index contributed by atoms with van der Waals surface area (Å²) in [7, 11) is 0. The summed E-state index contributed by atoms with van der Waals surface area (Å²) in [6.07, 6.45) is 0.793. The lowest BCUT2D eigenvalue weighted by molar-refractivity contribution is -0.134. The van der Waals surface area contributed by atoms with Crippen molar-refractivity contribution in [3.8, 4) is 0 Å². The van der Waals surface area contributed by atoms with Gasteiger partial charge in [0.05, 0.1) is 6.04 Å². The van der Waals surface area contributed by atoms with E-state index in [2.05, 4.69) is 5.32 Å². The Labute approximate surface area is 191 Å². The van der Waals surface area contributed by atoms with Gasteiger partial charge in [0.25, 0.3) is 0 Å². The quantitative estimate of drug-likeness (QED) is 0.546. The molecule has 0 spiro atoms. The van der Waals surface area contributed by atoms with Crippen LogP contribution in [0.25, 0.3) is 0 Å². The van der Waals surface area contributed by atoms with Gasteiger partial charge in [-0.3, -0.25) is 4.79 Å². The number of nitrogens with zero attached hydrogens (tertiary/aromatic N) is 1. The van der Waals surface area contributed by atoms with Gasteiger partial charge in [-0.2, -0.15) is 0 Å². The number of nitrogens with two attached hydrogens (primary N) is 1. The highest BCUT2D eigenvalue weighted by Gasteiger charge is 2.35. The molecule has 0 aliphatic rings. The molecule has 0 fully saturated rings. The van der Waals surface area contributed by atoms with E-state index >= 15 is 0 Å². The molecule has 0 aliphatic heterocycles. The Morgan fingerprint density at radius 2 is 1.62 bits per heavy atom. The number of ether oxygens (including phenoxy) is 2. The molecule has 1 rings (SSSR count). The number of unbranched alkanes of at least 4 members (excludes halogenated alkanes) is 2. The highest BCUT2D eigenvalue weighted by molar-refractivity contribution is 5.95. The molecule has 0 saturated carbocycles. The molecule has 3 amide bonds. The van der Waals surface area contributed by atoms with Crippen LogP contribution < -0.4 is 11.1 Å². The summed E-state index contributed by atoms with van der Waals surface area (Å²) in [4.78, 5) is 38.3. The lowest BCUT2D eigenvalue weighted by Gasteiger charge is -2.32. The summed E-state index contributed by atoms with van der Waals surface area (Å²) >= 11 is 0. The van der Waals surface area contributed by atoms with Crippen LogP contribution in [0.5, 0.6) is 0 Å². The number of rotatable bonds is 9.